The zero-order valence-corrected chi connectivity index (χ0v) is 33.2. The van der Waals surface area contributed by atoms with Gasteiger partial charge in [-0.15, -0.1) is 0 Å². The molecule has 0 radical (unpaired) electrons. The second kappa shape index (κ2) is 15.6. The molecule has 11 rings (SSSR count). The van der Waals surface area contributed by atoms with Gasteiger partial charge in [0.1, 0.15) is 0 Å². The molecule has 0 atom stereocenters. The predicted octanol–water partition coefficient (Wildman–Crippen LogP) is 16.2. The molecule has 0 unspecified atom stereocenters. The largest absolute Gasteiger partial charge is 0.310 e. The molecular formula is C58H41N3. The quantitative estimate of drug-likeness (QED) is 0.144. The van der Waals surface area contributed by atoms with E-state index in [1.165, 1.54) is 0 Å². The maximum atomic E-state index is 9.76. The lowest BCUT2D eigenvalue weighted by atomic mass is 9.96. The van der Waals surface area contributed by atoms with Crippen molar-refractivity contribution in [3.8, 4) is 27.9 Å². The molecule has 1 aromatic heterocycles. The van der Waals surface area contributed by atoms with Crippen LogP contribution in [0.25, 0.3) is 60.5 Å². The number of fused-ring (bicyclic) bond motifs is 4. The highest BCUT2D eigenvalue weighted by molar-refractivity contribution is 6.10. The number of hydrogen-bond donors (Lipinski definition) is 0. The van der Waals surface area contributed by atoms with Crippen LogP contribution in [0, 0.1) is 0 Å². The summed E-state index contributed by atoms with van der Waals surface area (Å²) in [5.74, 6) is 0. The fraction of sp³-hybridized carbons (Fsp3) is 0. The zero-order chi connectivity index (χ0) is 44.0. The van der Waals surface area contributed by atoms with Gasteiger partial charge in [0.05, 0.1) is 22.2 Å². The van der Waals surface area contributed by atoms with Crippen molar-refractivity contribution in [1.82, 2.24) is 4.57 Å². The Morgan fingerprint density at radius 3 is 1.56 bits per heavy atom. The summed E-state index contributed by atoms with van der Waals surface area (Å²) in [4.78, 5) is 4.09. The lowest BCUT2D eigenvalue weighted by molar-refractivity contribution is 1.18. The molecule has 0 spiro atoms. The van der Waals surface area contributed by atoms with Crippen LogP contribution in [0.5, 0.6) is 0 Å². The highest BCUT2D eigenvalue weighted by atomic mass is 15.1. The first-order valence-corrected chi connectivity index (χ1v) is 20.5. The summed E-state index contributed by atoms with van der Waals surface area (Å²) in [5.41, 5.74) is 10.7. The smallest absolute Gasteiger partial charge is 0.0645 e. The van der Waals surface area contributed by atoms with Gasteiger partial charge in [0.25, 0.3) is 0 Å². The van der Waals surface area contributed by atoms with E-state index in [1.54, 1.807) is 0 Å². The van der Waals surface area contributed by atoms with E-state index in [-0.39, 0.29) is 35.4 Å². The van der Waals surface area contributed by atoms with Gasteiger partial charge in [0.15, 0.2) is 0 Å². The van der Waals surface area contributed by atoms with Crippen LogP contribution >= 0.6 is 0 Å². The Bertz CT molecular complexity index is 3490. The summed E-state index contributed by atoms with van der Waals surface area (Å²) in [7, 11) is 0. The maximum absolute atomic E-state index is 9.76. The molecule has 0 aliphatic rings. The predicted molar refractivity (Wildman–Crippen MR) is 259 cm³/mol. The molecule has 0 aliphatic heterocycles. The molecule has 10 aromatic carbocycles. The fourth-order valence-corrected chi connectivity index (χ4v) is 8.63. The van der Waals surface area contributed by atoms with E-state index >= 15 is 0 Å². The Labute approximate surface area is 361 Å². The molecule has 0 aliphatic carbocycles. The number of aromatic nitrogens is 1. The highest BCUT2D eigenvalue weighted by Gasteiger charge is 2.19. The third kappa shape index (κ3) is 6.59. The van der Waals surface area contributed by atoms with E-state index < -0.39 is 0 Å². The number of hydrogen-bond acceptors (Lipinski definition) is 2. The normalized spacial score (nSPS) is 12.2. The standard InChI is InChI=1S/C58H41N3/c1-5-17-42(18-6-1)43-31-35-49(36-32-43)60(46-21-9-3-10-22-46)56-30-16-27-52-51(26-15-28-53(52)56)44-33-37-48(38-34-44)59(45-19-7-2-8-20-45)50-39-40-55-54-25-13-14-29-57(54)61(58(55)41-50)47-23-11-4-12-24-47/h1-41H/i33D,34D,37D,38D. The molecule has 11 aromatic rings. The third-order valence-corrected chi connectivity index (χ3v) is 11.4. The molecule has 288 valence electrons. The van der Waals surface area contributed by atoms with Crippen LogP contribution in [0.3, 0.4) is 0 Å². The number of nitrogens with zero attached hydrogens (tertiary/aromatic N) is 3. The fourth-order valence-electron chi connectivity index (χ4n) is 8.63. The van der Waals surface area contributed by atoms with Crippen molar-refractivity contribution in [2.45, 2.75) is 0 Å². The number of anilines is 6. The maximum Gasteiger partial charge on any atom is 0.0645 e. The van der Waals surface area contributed by atoms with Gasteiger partial charge < -0.3 is 14.4 Å². The van der Waals surface area contributed by atoms with Crippen LogP contribution in [0.4, 0.5) is 34.1 Å². The highest BCUT2D eigenvalue weighted by Crippen LogP contribution is 2.43. The summed E-state index contributed by atoms with van der Waals surface area (Å²) in [6, 6.07) is 75.1. The van der Waals surface area contributed by atoms with E-state index in [4.69, 9.17) is 0 Å². The van der Waals surface area contributed by atoms with E-state index in [2.05, 4.69) is 107 Å². The number of rotatable bonds is 9. The van der Waals surface area contributed by atoms with Crippen LogP contribution in [-0.2, 0) is 0 Å². The Morgan fingerprint density at radius 1 is 0.311 bits per heavy atom. The second-order valence-corrected chi connectivity index (χ2v) is 15.0. The summed E-state index contributed by atoms with van der Waals surface area (Å²) in [6.07, 6.45) is 0. The first-order valence-electron chi connectivity index (χ1n) is 22.5. The summed E-state index contributed by atoms with van der Waals surface area (Å²) in [5, 5.41) is 3.92. The topological polar surface area (TPSA) is 11.4 Å². The van der Waals surface area contributed by atoms with Crippen LogP contribution in [-0.4, -0.2) is 4.57 Å². The average Bonchev–Trinajstić information content (AvgIpc) is 3.70. The Balaban J connectivity index is 1.07. The Morgan fingerprint density at radius 2 is 0.836 bits per heavy atom. The Hall–Kier alpha value is -8.14. The lowest BCUT2D eigenvalue weighted by Gasteiger charge is -2.27. The minimum atomic E-state index is -0.133. The summed E-state index contributed by atoms with van der Waals surface area (Å²) in [6.45, 7) is 0. The molecule has 0 amide bonds. The average molecular weight is 784 g/mol. The molecule has 61 heavy (non-hydrogen) atoms. The van der Waals surface area contributed by atoms with Crippen LogP contribution in [0.2, 0.25) is 0 Å². The van der Waals surface area contributed by atoms with Gasteiger partial charge in [-0.1, -0.05) is 164 Å². The SMILES string of the molecule is [2H]c1c([2H])c(N(c2ccccc2)c2ccc3c4ccccc4n(-c4ccccc4)c3c2)c([2H])c([2H])c1-c1cccc2c(N(c3ccccc3)c3ccc(-c4ccccc4)cc3)cccc12. The van der Waals surface area contributed by atoms with Gasteiger partial charge in [0.2, 0.25) is 0 Å². The molecule has 0 saturated heterocycles. The van der Waals surface area contributed by atoms with Crippen molar-refractivity contribution in [3.05, 3.63) is 249 Å². The van der Waals surface area contributed by atoms with Crippen molar-refractivity contribution in [2.75, 3.05) is 9.80 Å². The van der Waals surface area contributed by atoms with E-state index in [1.807, 2.05) is 132 Å². The molecule has 0 bridgehead atoms. The summed E-state index contributed by atoms with van der Waals surface area (Å²) >= 11 is 0. The van der Waals surface area contributed by atoms with Crippen molar-refractivity contribution in [2.24, 2.45) is 0 Å². The minimum absolute atomic E-state index is 0.115. The molecule has 0 fully saturated rings. The monoisotopic (exact) mass is 783 g/mol. The Kier molecular flexibility index (Phi) is 8.11. The van der Waals surface area contributed by atoms with Crippen LogP contribution in [0.1, 0.15) is 5.48 Å². The second-order valence-electron chi connectivity index (χ2n) is 15.0. The van der Waals surface area contributed by atoms with Gasteiger partial charge >= 0.3 is 0 Å². The molecule has 3 heteroatoms. The van der Waals surface area contributed by atoms with Gasteiger partial charge in [0, 0.05) is 50.3 Å². The van der Waals surface area contributed by atoms with Gasteiger partial charge in [-0.2, -0.15) is 0 Å². The first-order chi connectivity index (χ1) is 32.0. The molecule has 0 N–H and O–H groups in total. The van der Waals surface area contributed by atoms with Gasteiger partial charge in [-0.25, -0.2) is 0 Å². The first kappa shape index (κ1) is 31.8. The lowest BCUT2D eigenvalue weighted by Crippen LogP contribution is -2.10. The minimum Gasteiger partial charge on any atom is -0.310 e. The van der Waals surface area contributed by atoms with Crippen molar-refractivity contribution >= 4 is 66.7 Å². The molecule has 1 heterocycles. The molecule has 3 nitrogen and oxygen atoms in total. The van der Waals surface area contributed by atoms with Gasteiger partial charge in [-0.05, 0) is 113 Å². The van der Waals surface area contributed by atoms with Crippen LogP contribution in [0.15, 0.2) is 249 Å². The number of benzene rings is 10. The molecule has 0 saturated carbocycles. The van der Waals surface area contributed by atoms with Crippen molar-refractivity contribution < 1.29 is 5.48 Å². The molecular weight excluding hydrogens is 739 g/mol. The van der Waals surface area contributed by atoms with Crippen molar-refractivity contribution in [1.29, 1.82) is 0 Å². The van der Waals surface area contributed by atoms with Gasteiger partial charge in [-0.3, -0.25) is 0 Å². The van der Waals surface area contributed by atoms with Crippen molar-refractivity contribution in [3.63, 3.8) is 0 Å². The number of para-hydroxylation sites is 4. The van der Waals surface area contributed by atoms with E-state index in [9.17, 15) is 5.48 Å². The zero-order valence-electron chi connectivity index (χ0n) is 37.2. The van der Waals surface area contributed by atoms with E-state index in [0.29, 0.717) is 11.3 Å². The summed E-state index contributed by atoms with van der Waals surface area (Å²) < 4.78 is 41.2. The van der Waals surface area contributed by atoms with Crippen LogP contribution < -0.4 is 9.80 Å². The third-order valence-electron chi connectivity index (χ3n) is 11.4. The van der Waals surface area contributed by atoms with E-state index in [0.717, 1.165) is 72.1 Å².